The Hall–Kier alpha value is -3.78. The van der Waals surface area contributed by atoms with Crippen molar-refractivity contribution in [3.05, 3.63) is 63.0 Å². The number of nitrogens with one attached hydrogen (secondary N) is 1. The molecular weight excluding hydrogens is 626 g/mol. The van der Waals surface area contributed by atoms with Crippen molar-refractivity contribution in [3.8, 4) is 12.3 Å². The lowest BCUT2D eigenvalue weighted by molar-refractivity contribution is -0.143. The summed E-state index contributed by atoms with van der Waals surface area (Å²) in [5.41, 5.74) is 9.31. The second-order valence-corrected chi connectivity index (χ2v) is 14.7. The van der Waals surface area contributed by atoms with Crippen LogP contribution in [0.25, 0.3) is 11.0 Å². The molecule has 4 aliphatic heterocycles. The molecule has 254 valence electrons. The van der Waals surface area contributed by atoms with Gasteiger partial charge in [-0.1, -0.05) is 29.7 Å². The summed E-state index contributed by atoms with van der Waals surface area (Å²) in [7, 11) is 2.27. The minimum Gasteiger partial charge on any atom is -0.397 e. The van der Waals surface area contributed by atoms with Crippen molar-refractivity contribution in [2.24, 2.45) is 5.92 Å². The highest BCUT2D eigenvalue weighted by atomic mass is 35.5. The Morgan fingerprint density at radius 1 is 0.958 bits per heavy atom. The van der Waals surface area contributed by atoms with Gasteiger partial charge < -0.3 is 25.4 Å². The lowest BCUT2D eigenvalue weighted by atomic mass is 9.91. The number of amides is 2. The molecule has 3 N–H and O–H groups in total. The van der Waals surface area contributed by atoms with Crippen LogP contribution in [0.5, 0.6) is 0 Å². The minimum absolute atomic E-state index is 0.00174. The number of para-hydroxylation sites is 2. The second kappa shape index (κ2) is 13.6. The summed E-state index contributed by atoms with van der Waals surface area (Å²) in [5.74, 6) is 2.00. The molecule has 4 aliphatic rings. The maximum Gasteiger partial charge on any atom is 0.326 e. The molecule has 0 radical (unpaired) electrons. The average molecular weight is 672 g/mol. The number of imidazole rings is 1. The van der Waals surface area contributed by atoms with E-state index in [0.717, 1.165) is 29.7 Å². The monoisotopic (exact) mass is 671 g/mol. The van der Waals surface area contributed by atoms with Gasteiger partial charge >= 0.3 is 5.69 Å². The number of benzene rings is 2. The Morgan fingerprint density at radius 3 is 2.33 bits per heavy atom. The van der Waals surface area contributed by atoms with Gasteiger partial charge in [0.1, 0.15) is 0 Å². The molecule has 0 spiro atoms. The number of nitrogens with zero attached hydrogens (tertiary/aromatic N) is 5. The van der Waals surface area contributed by atoms with Gasteiger partial charge in [0.05, 0.1) is 27.7 Å². The number of hydrogen-bond donors (Lipinski definition) is 2. The van der Waals surface area contributed by atoms with Crippen LogP contribution >= 0.6 is 11.6 Å². The van der Waals surface area contributed by atoms with Crippen LogP contribution in [0.1, 0.15) is 62.1 Å². The summed E-state index contributed by atoms with van der Waals surface area (Å²) in [5, 5.41) is 0.355. The predicted octanol–water partition coefficient (Wildman–Crippen LogP) is 3.73. The number of halogens is 1. The summed E-state index contributed by atoms with van der Waals surface area (Å²) >= 11 is 6.44. The molecule has 7 rings (SSSR count). The molecule has 2 bridgehead atoms. The maximum atomic E-state index is 14.2. The molecule has 11 heteroatoms. The number of nitrogens with two attached hydrogens (primary N) is 1. The van der Waals surface area contributed by atoms with Gasteiger partial charge in [-0.2, -0.15) is 0 Å². The number of rotatable bonds is 7. The number of piperidine rings is 2. The highest BCUT2D eigenvalue weighted by molar-refractivity contribution is 6.33. The zero-order chi connectivity index (χ0) is 33.5. The lowest BCUT2D eigenvalue weighted by Crippen LogP contribution is -2.56. The van der Waals surface area contributed by atoms with E-state index in [2.05, 4.69) is 27.8 Å². The van der Waals surface area contributed by atoms with Crippen molar-refractivity contribution in [2.45, 2.75) is 75.5 Å². The first-order chi connectivity index (χ1) is 23.2. The fraction of sp³-hybridized carbons (Fsp3) is 0.541. The first-order valence-corrected chi connectivity index (χ1v) is 17.8. The van der Waals surface area contributed by atoms with Gasteiger partial charge in [-0.05, 0) is 81.8 Å². The standard InChI is InChI=1S/C37H46ClN7O3/c1-3-25-18-24(20-31(38)35(25)39)19-26(36(47)44-16-14-42(15-17-44)30-22-28-8-9-29(23-30)41(28)2)21-34(46)43-12-10-27(11-13-43)45-33-7-5-4-6-32(33)40-37(45)48/h1,4-7,18,20,26-30H,8-17,19,21-23,39H2,2H3,(H,40,48)/t26-,28?,29?,30?/m0/s1. The highest BCUT2D eigenvalue weighted by Gasteiger charge is 2.41. The number of carbonyl (C=O) groups excluding carboxylic acids is 2. The van der Waals surface area contributed by atoms with Crippen LogP contribution in [0.15, 0.2) is 41.2 Å². The Balaban J connectivity index is 1.03. The van der Waals surface area contributed by atoms with Crippen molar-refractivity contribution in [3.63, 3.8) is 0 Å². The van der Waals surface area contributed by atoms with Crippen LogP contribution in [0.4, 0.5) is 5.69 Å². The maximum absolute atomic E-state index is 14.2. The Bertz CT molecular complexity index is 1770. The van der Waals surface area contributed by atoms with Crippen molar-refractivity contribution < 1.29 is 9.59 Å². The molecule has 2 aromatic carbocycles. The SMILES string of the molecule is C#Cc1cc(C[C@@H](CC(=O)N2CCC(n3c(=O)[nH]c4ccccc43)CC2)C(=O)N2CCN(C3CC4CCC(C3)N4C)CC2)cc(Cl)c1N. The van der Waals surface area contributed by atoms with E-state index >= 15 is 0 Å². The number of aromatic nitrogens is 2. The number of anilines is 1. The van der Waals surface area contributed by atoms with Gasteiger partial charge in [0.25, 0.3) is 0 Å². The van der Waals surface area contributed by atoms with E-state index in [0.29, 0.717) is 79.8 Å². The second-order valence-electron chi connectivity index (χ2n) is 14.3. The van der Waals surface area contributed by atoms with E-state index < -0.39 is 5.92 Å². The minimum atomic E-state index is -0.553. The lowest BCUT2D eigenvalue weighted by Gasteiger charge is -2.45. The zero-order valence-corrected chi connectivity index (χ0v) is 28.5. The van der Waals surface area contributed by atoms with E-state index in [1.165, 1.54) is 25.7 Å². The van der Waals surface area contributed by atoms with Gasteiger partial charge in [0, 0.05) is 75.4 Å². The first kappa shape index (κ1) is 32.8. The molecule has 0 saturated carbocycles. The van der Waals surface area contributed by atoms with Crippen molar-refractivity contribution in [2.75, 3.05) is 52.0 Å². The fourth-order valence-electron chi connectivity index (χ4n) is 8.84. The number of likely N-dealkylation sites (tertiary alicyclic amines) is 1. The molecule has 4 saturated heterocycles. The molecule has 1 aromatic heterocycles. The van der Waals surface area contributed by atoms with Gasteiger partial charge in [0.2, 0.25) is 11.8 Å². The third kappa shape index (κ3) is 6.36. The molecule has 48 heavy (non-hydrogen) atoms. The van der Waals surface area contributed by atoms with Gasteiger partial charge in [0.15, 0.2) is 0 Å². The van der Waals surface area contributed by atoms with Crippen LogP contribution in [0.2, 0.25) is 5.02 Å². The van der Waals surface area contributed by atoms with Crippen LogP contribution in [-0.2, 0) is 16.0 Å². The van der Waals surface area contributed by atoms with Crippen LogP contribution < -0.4 is 11.4 Å². The summed E-state index contributed by atoms with van der Waals surface area (Å²) in [6, 6.07) is 13.2. The molecule has 5 heterocycles. The summed E-state index contributed by atoms with van der Waals surface area (Å²) in [4.78, 5) is 52.8. The van der Waals surface area contributed by atoms with Gasteiger partial charge in [-0.15, -0.1) is 6.42 Å². The smallest absolute Gasteiger partial charge is 0.326 e. The third-order valence-corrected chi connectivity index (χ3v) is 11.9. The van der Waals surface area contributed by atoms with E-state index in [9.17, 15) is 14.4 Å². The number of aromatic amines is 1. The Labute approximate surface area is 287 Å². The molecule has 2 unspecified atom stereocenters. The molecule has 0 aliphatic carbocycles. The predicted molar refractivity (Wildman–Crippen MR) is 189 cm³/mol. The van der Waals surface area contributed by atoms with E-state index in [1.54, 1.807) is 6.07 Å². The van der Waals surface area contributed by atoms with E-state index in [4.69, 9.17) is 23.8 Å². The molecule has 4 fully saturated rings. The van der Waals surface area contributed by atoms with Crippen molar-refractivity contribution in [1.29, 1.82) is 0 Å². The number of nitrogen functional groups attached to an aromatic ring is 1. The number of terminal acetylenes is 1. The summed E-state index contributed by atoms with van der Waals surface area (Å²) in [6.45, 7) is 4.10. The molecule has 2 amide bonds. The number of H-pyrrole nitrogens is 1. The third-order valence-electron chi connectivity index (χ3n) is 11.6. The number of hydrogen-bond acceptors (Lipinski definition) is 6. The molecule has 10 nitrogen and oxygen atoms in total. The largest absolute Gasteiger partial charge is 0.397 e. The summed E-state index contributed by atoms with van der Waals surface area (Å²) < 4.78 is 1.83. The molecule has 3 aromatic rings. The average Bonchev–Trinajstić information content (AvgIpc) is 3.52. The van der Waals surface area contributed by atoms with Crippen LogP contribution in [0.3, 0.4) is 0 Å². The summed E-state index contributed by atoms with van der Waals surface area (Å²) in [6.07, 6.45) is 12.5. The van der Waals surface area contributed by atoms with Crippen LogP contribution in [-0.4, -0.2) is 105 Å². The van der Waals surface area contributed by atoms with Gasteiger partial charge in [-0.3, -0.25) is 19.1 Å². The van der Waals surface area contributed by atoms with Crippen molar-refractivity contribution >= 4 is 40.1 Å². The van der Waals surface area contributed by atoms with Gasteiger partial charge in [-0.25, -0.2) is 4.79 Å². The topological polar surface area (TPSA) is 111 Å². The highest BCUT2D eigenvalue weighted by Crippen LogP contribution is 2.37. The normalized spacial score (nSPS) is 24.6. The first-order valence-electron chi connectivity index (χ1n) is 17.5. The number of carbonyl (C=O) groups is 2. The molecular formula is C37H46ClN7O3. The Kier molecular flexibility index (Phi) is 9.29. The molecule has 3 atom stereocenters. The zero-order valence-electron chi connectivity index (χ0n) is 27.7. The van der Waals surface area contributed by atoms with E-state index in [-0.39, 0.29) is 30.0 Å². The fourth-order valence-corrected chi connectivity index (χ4v) is 9.08. The van der Waals surface area contributed by atoms with E-state index in [1.807, 2.05) is 44.7 Å². The quantitative estimate of drug-likeness (QED) is 0.293. The van der Waals surface area contributed by atoms with Crippen molar-refractivity contribution in [1.82, 2.24) is 29.2 Å². The number of piperazine rings is 1. The Morgan fingerprint density at radius 2 is 1.65 bits per heavy atom. The van der Waals surface area contributed by atoms with Crippen LogP contribution in [0, 0.1) is 18.3 Å². The number of fused-ring (bicyclic) bond motifs is 3.